The van der Waals surface area contributed by atoms with E-state index in [9.17, 15) is 4.79 Å². The number of rotatable bonds is 4. The Balaban J connectivity index is 1.58. The van der Waals surface area contributed by atoms with Crippen molar-refractivity contribution in [2.75, 3.05) is 6.54 Å². The highest BCUT2D eigenvalue weighted by molar-refractivity contribution is 6.33. The van der Waals surface area contributed by atoms with Crippen molar-refractivity contribution in [3.05, 3.63) is 58.6 Å². The predicted molar refractivity (Wildman–Crippen MR) is 101 cm³/mol. The van der Waals surface area contributed by atoms with E-state index in [0.29, 0.717) is 22.9 Å². The fraction of sp³-hybridized carbons (Fsp3) is 0.350. The van der Waals surface area contributed by atoms with Crippen LogP contribution in [0.2, 0.25) is 5.02 Å². The monoisotopic (exact) mass is 385 g/mol. The molecule has 1 aliphatic rings. The van der Waals surface area contributed by atoms with E-state index in [-0.39, 0.29) is 23.6 Å². The van der Waals surface area contributed by atoms with E-state index in [1.807, 2.05) is 24.3 Å². The summed E-state index contributed by atoms with van der Waals surface area (Å²) in [7, 11) is 0. The SMILES string of the molecule is CC(C)c1cc([C@H]2CCCN2C(=O)c2cc(-c3ccccc3Cl)on2)on1. The molecule has 0 N–H and O–H groups in total. The lowest BCUT2D eigenvalue weighted by molar-refractivity contribution is 0.0704. The van der Waals surface area contributed by atoms with Crippen molar-refractivity contribution >= 4 is 17.5 Å². The molecular formula is C20H20ClN3O3. The highest BCUT2D eigenvalue weighted by Gasteiger charge is 2.35. The molecule has 0 radical (unpaired) electrons. The lowest BCUT2D eigenvalue weighted by atomic mass is 10.1. The largest absolute Gasteiger partial charge is 0.359 e. The van der Waals surface area contributed by atoms with Crippen LogP contribution < -0.4 is 0 Å². The zero-order chi connectivity index (χ0) is 19.0. The van der Waals surface area contributed by atoms with Gasteiger partial charge in [0.15, 0.2) is 17.2 Å². The average molecular weight is 386 g/mol. The van der Waals surface area contributed by atoms with E-state index in [2.05, 4.69) is 24.2 Å². The molecule has 3 heterocycles. The van der Waals surface area contributed by atoms with Crippen LogP contribution in [0.3, 0.4) is 0 Å². The summed E-state index contributed by atoms with van der Waals surface area (Å²) >= 11 is 6.20. The second kappa shape index (κ2) is 7.19. The molecule has 0 aliphatic carbocycles. The fourth-order valence-corrected chi connectivity index (χ4v) is 3.58. The van der Waals surface area contributed by atoms with Crippen LogP contribution in [-0.2, 0) is 0 Å². The molecule has 1 aromatic carbocycles. The van der Waals surface area contributed by atoms with Crippen molar-refractivity contribution in [3.8, 4) is 11.3 Å². The van der Waals surface area contributed by atoms with Gasteiger partial charge in [0, 0.05) is 24.2 Å². The van der Waals surface area contributed by atoms with Gasteiger partial charge in [-0.1, -0.05) is 47.9 Å². The molecule has 1 aliphatic heterocycles. The number of amides is 1. The van der Waals surface area contributed by atoms with Gasteiger partial charge in [-0.25, -0.2) is 0 Å². The first kappa shape index (κ1) is 17.8. The third kappa shape index (κ3) is 3.37. The first-order chi connectivity index (χ1) is 13.0. The van der Waals surface area contributed by atoms with Gasteiger partial charge in [0.05, 0.1) is 16.8 Å². The van der Waals surface area contributed by atoms with Crippen LogP contribution in [0.1, 0.15) is 60.6 Å². The molecule has 6 nitrogen and oxygen atoms in total. The van der Waals surface area contributed by atoms with Gasteiger partial charge in [0.2, 0.25) is 0 Å². The standard InChI is InChI=1S/C20H20ClN3O3/c1-12(2)15-10-19(27-22-15)17-8-5-9-24(17)20(25)16-11-18(26-23-16)13-6-3-4-7-14(13)21/h3-4,6-7,10-12,17H,5,8-9H2,1-2H3/t17-/m1/s1. The molecule has 1 fully saturated rings. The number of likely N-dealkylation sites (tertiary alicyclic amines) is 1. The van der Waals surface area contributed by atoms with Gasteiger partial charge in [0.1, 0.15) is 0 Å². The summed E-state index contributed by atoms with van der Waals surface area (Å²) < 4.78 is 10.9. The van der Waals surface area contributed by atoms with Crippen LogP contribution in [0.4, 0.5) is 0 Å². The van der Waals surface area contributed by atoms with Gasteiger partial charge >= 0.3 is 0 Å². The van der Waals surface area contributed by atoms with Gasteiger partial charge < -0.3 is 13.9 Å². The minimum Gasteiger partial charge on any atom is -0.359 e. The minimum atomic E-state index is -0.179. The van der Waals surface area contributed by atoms with Crippen molar-refractivity contribution in [2.24, 2.45) is 0 Å². The maximum absolute atomic E-state index is 13.0. The molecule has 0 spiro atoms. The summed E-state index contributed by atoms with van der Waals surface area (Å²) in [5.74, 6) is 1.30. The Labute approximate surface area is 162 Å². The number of carbonyl (C=O) groups excluding carboxylic acids is 1. The van der Waals surface area contributed by atoms with Crippen LogP contribution in [0.15, 0.2) is 45.4 Å². The maximum atomic E-state index is 13.0. The first-order valence-corrected chi connectivity index (χ1v) is 9.41. The van der Waals surface area contributed by atoms with E-state index in [0.717, 1.165) is 24.3 Å². The summed E-state index contributed by atoms with van der Waals surface area (Å²) in [5, 5.41) is 8.64. The summed E-state index contributed by atoms with van der Waals surface area (Å²) in [6.45, 7) is 4.77. The fourth-order valence-electron chi connectivity index (χ4n) is 3.35. The molecule has 27 heavy (non-hydrogen) atoms. The first-order valence-electron chi connectivity index (χ1n) is 9.03. The second-order valence-electron chi connectivity index (χ2n) is 7.02. The van der Waals surface area contributed by atoms with Crippen molar-refractivity contribution in [1.29, 1.82) is 0 Å². The lowest BCUT2D eigenvalue weighted by Crippen LogP contribution is -2.30. The van der Waals surface area contributed by atoms with Crippen LogP contribution in [0.25, 0.3) is 11.3 Å². The van der Waals surface area contributed by atoms with Crippen molar-refractivity contribution < 1.29 is 13.8 Å². The molecule has 2 aromatic heterocycles. The Bertz CT molecular complexity index is 963. The molecule has 0 unspecified atom stereocenters. The van der Waals surface area contributed by atoms with Crippen LogP contribution in [0, 0.1) is 0 Å². The van der Waals surface area contributed by atoms with E-state index in [1.54, 1.807) is 17.0 Å². The normalized spacial score (nSPS) is 17.0. The lowest BCUT2D eigenvalue weighted by Gasteiger charge is -2.21. The number of halogens is 1. The quantitative estimate of drug-likeness (QED) is 0.625. The third-order valence-corrected chi connectivity index (χ3v) is 5.18. The number of hydrogen-bond donors (Lipinski definition) is 0. The van der Waals surface area contributed by atoms with Gasteiger partial charge in [-0.15, -0.1) is 0 Å². The smallest absolute Gasteiger partial charge is 0.276 e. The second-order valence-corrected chi connectivity index (χ2v) is 7.43. The molecule has 1 amide bonds. The third-order valence-electron chi connectivity index (χ3n) is 4.85. The molecule has 1 atom stereocenters. The van der Waals surface area contributed by atoms with Crippen LogP contribution in [0.5, 0.6) is 0 Å². The Hall–Kier alpha value is -2.60. The molecule has 7 heteroatoms. The number of benzene rings is 1. The summed E-state index contributed by atoms with van der Waals surface area (Å²) in [4.78, 5) is 14.8. The Kier molecular flexibility index (Phi) is 4.74. The zero-order valence-electron chi connectivity index (χ0n) is 15.2. The van der Waals surface area contributed by atoms with Gasteiger partial charge in [0.25, 0.3) is 5.91 Å². The summed E-state index contributed by atoms with van der Waals surface area (Å²) in [6, 6.07) is 10.8. The van der Waals surface area contributed by atoms with E-state index < -0.39 is 0 Å². The number of hydrogen-bond acceptors (Lipinski definition) is 5. The van der Waals surface area contributed by atoms with E-state index in [4.69, 9.17) is 20.6 Å². The average Bonchev–Trinajstić information content (AvgIpc) is 3.40. The Morgan fingerprint density at radius 1 is 1.22 bits per heavy atom. The number of carbonyl (C=O) groups is 1. The van der Waals surface area contributed by atoms with E-state index in [1.165, 1.54) is 0 Å². The number of nitrogens with zero attached hydrogens (tertiary/aromatic N) is 3. The highest BCUT2D eigenvalue weighted by atomic mass is 35.5. The van der Waals surface area contributed by atoms with Gasteiger partial charge in [-0.05, 0) is 30.9 Å². The summed E-state index contributed by atoms with van der Waals surface area (Å²) in [6.07, 6.45) is 1.75. The maximum Gasteiger partial charge on any atom is 0.276 e. The molecule has 4 rings (SSSR count). The molecule has 0 saturated carbocycles. The van der Waals surface area contributed by atoms with E-state index >= 15 is 0 Å². The molecule has 1 saturated heterocycles. The van der Waals surface area contributed by atoms with Crippen molar-refractivity contribution in [3.63, 3.8) is 0 Å². The molecule has 0 bridgehead atoms. The predicted octanol–water partition coefficient (Wildman–Crippen LogP) is 5.08. The van der Waals surface area contributed by atoms with Gasteiger partial charge in [-0.3, -0.25) is 4.79 Å². The highest BCUT2D eigenvalue weighted by Crippen LogP contribution is 2.35. The Morgan fingerprint density at radius 2 is 2.04 bits per heavy atom. The number of aromatic nitrogens is 2. The molecule has 3 aromatic rings. The zero-order valence-corrected chi connectivity index (χ0v) is 15.9. The minimum absolute atomic E-state index is 0.127. The van der Waals surface area contributed by atoms with Gasteiger partial charge in [-0.2, -0.15) is 0 Å². The molecular weight excluding hydrogens is 366 g/mol. The summed E-state index contributed by atoms with van der Waals surface area (Å²) in [5.41, 5.74) is 1.87. The van der Waals surface area contributed by atoms with Crippen LogP contribution >= 0.6 is 11.6 Å². The topological polar surface area (TPSA) is 72.4 Å². The van der Waals surface area contributed by atoms with Crippen LogP contribution in [-0.4, -0.2) is 27.7 Å². The van der Waals surface area contributed by atoms with Crippen molar-refractivity contribution in [2.45, 2.75) is 38.6 Å². The Morgan fingerprint density at radius 3 is 2.78 bits per heavy atom. The molecule has 140 valence electrons. The van der Waals surface area contributed by atoms with Crippen molar-refractivity contribution in [1.82, 2.24) is 15.2 Å².